The summed E-state index contributed by atoms with van der Waals surface area (Å²) in [5, 5.41) is 12.9. The minimum atomic E-state index is -4.55. The van der Waals surface area contributed by atoms with Gasteiger partial charge in [0.15, 0.2) is 0 Å². The Morgan fingerprint density at radius 2 is 1.72 bits per heavy atom. The van der Waals surface area contributed by atoms with Gasteiger partial charge in [0, 0.05) is 22.1 Å². The first-order valence-electron chi connectivity index (χ1n) is 7.17. The van der Waals surface area contributed by atoms with E-state index in [1.54, 1.807) is 24.3 Å². The van der Waals surface area contributed by atoms with Crippen molar-refractivity contribution < 1.29 is 22.9 Å². The first kappa shape index (κ1) is 16.7. The number of nitrogens with two attached hydrogens (primary N) is 1. The van der Waals surface area contributed by atoms with Crippen LogP contribution in [0, 0.1) is 0 Å². The SMILES string of the molecule is Nc1ccccc1C(=O)Nc1ccc(O)c2c(S(=O)(=O)O)cccc12. The maximum Gasteiger partial charge on any atom is 0.295 e. The number of carbonyl (C=O) groups is 1. The van der Waals surface area contributed by atoms with Crippen LogP contribution in [0.5, 0.6) is 5.75 Å². The van der Waals surface area contributed by atoms with Crippen molar-refractivity contribution in [2.24, 2.45) is 0 Å². The average Bonchev–Trinajstić information content (AvgIpc) is 2.56. The van der Waals surface area contributed by atoms with Crippen LogP contribution in [0.1, 0.15) is 10.4 Å². The Bertz CT molecular complexity index is 1090. The van der Waals surface area contributed by atoms with Gasteiger partial charge in [-0.1, -0.05) is 24.3 Å². The molecule has 0 aliphatic rings. The zero-order valence-corrected chi connectivity index (χ0v) is 13.6. The van der Waals surface area contributed by atoms with Crippen molar-refractivity contribution in [3.63, 3.8) is 0 Å². The molecule has 128 valence electrons. The lowest BCUT2D eigenvalue weighted by molar-refractivity contribution is 0.102. The molecule has 1 amide bonds. The van der Waals surface area contributed by atoms with Gasteiger partial charge in [-0.05, 0) is 30.3 Å². The predicted octanol–water partition coefficient (Wildman–Crippen LogP) is 2.63. The number of nitrogen functional groups attached to an aromatic ring is 1. The molecule has 0 aliphatic carbocycles. The molecule has 0 fully saturated rings. The van der Waals surface area contributed by atoms with Gasteiger partial charge in [0.2, 0.25) is 0 Å². The van der Waals surface area contributed by atoms with Gasteiger partial charge >= 0.3 is 0 Å². The summed E-state index contributed by atoms with van der Waals surface area (Å²) in [6.07, 6.45) is 0. The van der Waals surface area contributed by atoms with Crippen LogP contribution >= 0.6 is 0 Å². The van der Waals surface area contributed by atoms with Gasteiger partial charge in [0.25, 0.3) is 16.0 Å². The number of hydrogen-bond donors (Lipinski definition) is 4. The molecule has 3 rings (SSSR count). The Labute approximate surface area is 143 Å². The number of carbonyl (C=O) groups excluding carboxylic acids is 1. The molecule has 0 aliphatic heterocycles. The van der Waals surface area contributed by atoms with Crippen molar-refractivity contribution in [3.8, 4) is 5.75 Å². The van der Waals surface area contributed by atoms with Crippen molar-refractivity contribution in [1.29, 1.82) is 0 Å². The van der Waals surface area contributed by atoms with E-state index in [2.05, 4.69) is 5.32 Å². The zero-order valence-electron chi connectivity index (χ0n) is 12.8. The Balaban J connectivity index is 2.14. The van der Waals surface area contributed by atoms with Crippen LogP contribution in [0.15, 0.2) is 59.5 Å². The van der Waals surface area contributed by atoms with E-state index in [0.29, 0.717) is 5.69 Å². The van der Waals surface area contributed by atoms with Crippen molar-refractivity contribution in [3.05, 3.63) is 60.2 Å². The van der Waals surface area contributed by atoms with Crippen LogP contribution in [-0.2, 0) is 10.1 Å². The topological polar surface area (TPSA) is 130 Å². The highest BCUT2D eigenvalue weighted by atomic mass is 32.2. The molecule has 3 aromatic rings. The summed E-state index contributed by atoms with van der Waals surface area (Å²) >= 11 is 0. The first-order valence-corrected chi connectivity index (χ1v) is 8.61. The van der Waals surface area contributed by atoms with E-state index in [-0.39, 0.29) is 27.8 Å². The quantitative estimate of drug-likeness (QED) is 0.323. The third-order valence-electron chi connectivity index (χ3n) is 3.71. The third-order valence-corrected chi connectivity index (χ3v) is 4.61. The second-order valence-corrected chi connectivity index (χ2v) is 6.72. The van der Waals surface area contributed by atoms with Crippen molar-refractivity contribution in [1.82, 2.24) is 0 Å². The average molecular weight is 358 g/mol. The summed E-state index contributed by atoms with van der Waals surface area (Å²) in [7, 11) is -4.55. The number of phenolic OH excluding ortho intramolecular Hbond substituents is 1. The maximum atomic E-state index is 12.4. The van der Waals surface area contributed by atoms with E-state index in [9.17, 15) is 22.9 Å². The predicted molar refractivity (Wildman–Crippen MR) is 94.2 cm³/mol. The Kier molecular flexibility index (Phi) is 4.07. The van der Waals surface area contributed by atoms with E-state index in [1.165, 1.54) is 24.3 Å². The highest BCUT2D eigenvalue weighted by Crippen LogP contribution is 2.35. The monoisotopic (exact) mass is 358 g/mol. The molecule has 0 atom stereocenters. The molecule has 7 nitrogen and oxygen atoms in total. The molecule has 25 heavy (non-hydrogen) atoms. The Hall–Kier alpha value is -3.10. The van der Waals surface area contributed by atoms with E-state index >= 15 is 0 Å². The summed E-state index contributed by atoms with van der Waals surface area (Å²) in [6, 6.07) is 13.3. The second-order valence-electron chi connectivity index (χ2n) is 5.33. The minimum Gasteiger partial charge on any atom is -0.507 e. The van der Waals surface area contributed by atoms with Crippen LogP contribution in [0.2, 0.25) is 0 Å². The van der Waals surface area contributed by atoms with Crippen LogP contribution < -0.4 is 11.1 Å². The molecule has 0 saturated carbocycles. The summed E-state index contributed by atoms with van der Waals surface area (Å²) in [5.74, 6) is -0.817. The molecule has 0 spiro atoms. The van der Waals surface area contributed by atoms with Crippen molar-refractivity contribution >= 4 is 38.2 Å². The molecular weight excluding hydrogens is 344 g/mol. The van der Waals surface area contributed by atoms with Crippen molar-refractivity contribution in [2.45, 2.75) is 4.90 Å². The fourth-order valence-electron chi connectivity index (χ4n) is 2.57. The Morgan fingerprint density at radius 3 is 2.40 bits per heavy atom. The number of rotatable bonds is 3. The van der Waals surface area contributed by atoms with Crippen LogP contribution in [0.3, 0.4) is 0 Å². The van der Waals surface area contributed by atoms with Gasteiger partial charge in [-0.3, -0.25) is 9.35 Å². The van der Waals surface area contributed by atoms with Crippen LogP contribution in [0.4, 0.5) is 11.4 Å². The van der Waals surface area contributed by atoms with E-state index in [4.69, 9.17) is 5.73 Å². The lowest BCUT2D eigenvalue weighted by Gasteiger charge is -2.12. The minimum absolute atomic E-state index is 0.0798. The first-order chi connectivity index (χ1) is 11.8. The van der Waals surface area contributed by atoms with Gasteiger partial charge in [0.05, 0.1) is 5.56 Å². The van der Waals surface area contributed by atoms with Crippen molar-refractivity contribution in [2.75, 3.05) is 11.1 Å². The number of amides is 1. The summed E-state index contributed by atoms with van der Waals surface area (Å²) in [5.41, 5.74) is 6.60. The fraction of sp³-hybridized carbons (Fsp3) is 0. The maximum absolute atomic E-state index is 12.4. The third kappa shape index (κ3) is 3.12. The normalized spacial score (nSPS) is 11.4. The van der Waals surface area contributed by atoms with Gasteiger partial charge in [0.1, 0.15) is 10.6 Å². The highest BCUT2D eigenvalue weighted by Gasteiger charge is 2.19. The molecule has 5 N–H and O–H groups in total. The number of aromatic hydroxyl groups is 1. The molecule has 3 aromatic carbocycles. The number of benzene rings is 3. The smallest absolute Gasteiger partial charge is 0.295 e. The lowest BCUT2D eigenvalue weighted by atomic mass is 10.1. The standard InChI is InChI=1S/C17H14N2O5S/c18-12-6-2-1-4-10(12)17(21)19-13-8-9-14(20)16-11(13)5-3-7-15(16)25(22,23)24/h1-9,20H,18H2,(H,19,21)(H,22,23,24). The molecule has 0 unspecified atom stereocenters. The summed E-state index contributed by atoms with van der Waals surface area (Å²) in [6.45, 7) is 0. The molecule has 0 aromatic heterocycles. The van der Waals surface area contributed by atoms with Crippen LogP contribution in [-0.4, -0.2) is 24.0 Å². The van der Waals surface area contributed by atoms with Gasteiger partial charge in [-0.2, -0.15) is 8.42 Å². The summed E-state index contributed by atoms with van der Waals surface area (Å²) in [4.78, 5) is 12.0. The number of anilines is 2. The number of fused-ring (bicyclic) bond motifs is 1. The van der Waals surface area contributed by atoms with E-state index in [1.807, 2.05) is 0 Å². The van der Waals surface area contributed by atoms with Gasteiger partial charge in [-0.15, -0.1) is 0 Å². The number of para-hydroxylation sites is 1. The lowest BCUT2D eigenvalue weighted by Crippen LogP contribution is -2.14. The summed E-state index contributed by atoms with van der Waals surface area (Å²) < 4.78 is 32.4. The second kappa shape index (κ2) is 6.08. The molecule has 0 saturated heterocycles. The molecule has 0 radical (unpaired) electrons. The number of hydrogen-bond acceptors (Lipinski definition) is 5. The molecular formula is C17H14N2O5S. The Morgan fingerprint density at radius 1 is 1.00 bits per heavy atom. The highest BCUT2D eigenvalue weighted by molar-refractivity contribution is 7.86. The molecule has 0 heterocycles. The largest absolute Gasteiger partial charge is 0.507 e. The van der Waals surface area contributed by atoms with E-state index in [0.717, 1.165) is 6.07 Å². The van der Waals surface area contributed by atoms with Gasteiger partial charge in [-0.25, -0.2) is 0 Å². The zero-order chi connectivity index (χ0) is 18.2. The fourth-order valence-corrected chi connectivity index (χ4v) is 3.30. The number of nitrogens with one attached hydrogen (secondary N) is 1. The molecule has 8 heteroatoms. The van der Waals surface area contributed by atoms with E-state index < -0.39 is 20.9 Å². The van der Waals surface area contributed by atoms with Crippen LogP contribution in [0.25, 0.3) is 10.8 Å². The van der Waals surface area contributed by atoms with Gasteiger partial charge < -0.3 is 16.2 Å². The number of phenols is 1. The molecule has 0 bridgehead atoms.